The molecule has 86 valence electrons. The molecule has 0 aromatic heterocycles. The van der Waals surface area contributed by atoms with Crippen LogP contribution in [0, 0.1) is 0 Å². The molecule has 0 unspecified atom stereocenters. The van der Waals surface area contributed by atoms with Gasteiger partial charge < -0.3 is 0 Å². The zero-order valence-electron chi connectivity index (χ0n) is 9.58. The summed E-state index contributed by atoms with van der Waals surface area (Å²) in [5.41, 5.74) is 9.53. The van der Waals surface area contributed by atoms with Crippen molar-refractivity contribution in [3.05, 3.63) is 46.3 Å². The molecule has 0 fully saturated rings. The van der Waals surface area contributed by atoms with E-state index in [0.29, 0.717) is 5.92 Å². The lowest BCUT2D eigenvalue weighted by molar-refractivity contribution is 0.509. The summed E-state index contributed by atoms with van der Waals surface area (Å²) >= 11 is 1.16. The van der Waals surface area contributed by atoms with Crippen molar-refractivity contribution in [2.45, 2.75) is 19.3 Å². The Bertz CT molecular complexity index is 348. The van der Waals surface area contributed by atoms with E-state index in [1.54, 1.807) is 0 Å². The van der Waals surface area contributed by atoms with E-state index >= 15 is 0 Å². The van der Waals surface area contributed by atoms with Crippen LogP contribution in [0.15, 0.2) is 34.9 Å². The fourth-order valence-electron chi connectivity index (χ4n) is 1.44. The summed E-state index contributed by atoms with van der Waals surface area (Å²) in [4.78, 5) is 2.71. The van der Waals surface area contributed by atoms with Gasteiger partial charge in [-0.3, -0.25) is 0 Å². The second-order valence-electron chi connectivity index (χ2n) is 3.70. The molecule has 0 saturated heterocycles. The van der Waals surface area contributed by atoms with E-state index in [1.165, 1.54) is 5.56 Å². The van der Waals surface area contributed by atoms with Crippen molar-refractivity contribution in [3.63, 3.8) is 0 Å². The Labute approximate surface area is 101 Å². The quantitative estimate of drug-likeness (QED) is 0.324. The van der Waals surface area contributed by atoms with Crippen LogP contribution in [0.4, 0.5) is 0 Å². The maximum absolute atomic E-state index is 8.18. The fraction of sp³-hybridized carbons (Fsp3) is 0.455. The largest absolute Gasteiger partial charge is 0.247 e. The van der Waals surface area contributed by atoms with Gasteiger partial charge in [0.25, 0.3) is 0 Å². The molecule has 4 nitrogen and oxygen atoms in total. The molecule has 0 heterocycles. The lowest BCUT2D eigenvalue weighted by Gasteiger charge is -2.16. The van der Waals surface area contributed by atoms with Gasteiger partial charge in [-0.2, -0.15) is 0 Å². The van der Waals surface area contributed by atoms with Crippen LogP contribution in [-0.4, -0.2) is 17.9 Å². The summed E-state index contributed by atoms with van der Waals surface area (Å²) in [7, 11) is 1.93. The average molecular weight is 236 g/mol. The van der Waals surface area contributed by atoms with Gasteiger partial charge in [0.2, 0.25) is 0 Å². The van der Waals surface area contributed by atoms with E-state index in [4.69, 9.17) is 5.53 Å². The molecule has 1 aromatic rings. The van der Waals surface area contributed by atoms with Gasteiger partial charge in [-0.1, -0.05) is 37.3 Å². The van der Waals surface area contributed by atoms with Crippen molar-refractivity contribution in [1.29, 1.82) is 0 Å². The summed E-state index contributed by atoms with van der Waals surface area (Å²) in [6, 6.07) is 10.4. The van der Waals surface area contributed by atoms with Crippen molar-refractivity contribution in [3.8, 4) is 0 Å². The molecular weight excluding hydrogens is 220 g/mol. The fourth-order valence-corrected chi connectivity index (χ4v) is 1.79. The van der Waals surface area contributed by atoms with Crippen molar-refractivity contribution >= 4 is 12.1 Å². The van der Waals surface area contributed by atoms with E-state index in [0.717, 1.165) is 25.1 Å². The van der Waals surface area contributed by atoms with Gasteiger partial charge in [0.1, 0.15) is 0 Å². The first kappa shape index (κ1) is 12.9. The Kier molecular flexibility index (Phi) is 5.78. The first-order valence-corrected chi connectivity index (χ1v) is 5.94. The third-order valence-corrected chi connectivity index (χ3v) is 3.07. The maximum Gasteiger partial charge on any atom is 0.0184 e. The van der Waals surface area contributed by atoms with Gasteiger partial charge in [-0.05, 0) is 35.0 Å². The zero-order chi connectivity index (χ0) is 11.8. The zero-order valence-corrected chi connectivity index (χ0v) is 10.4. The molecule has 1 atom stereocenters. The van der Waals surface area contributed by atoms with Crippen molar-refractivity contribution in [1.82, 2.24) is 4.31 Å². The number of hydrogen-bond donors (Lipinski definition) is 0. The summed E-state index contributed by atoms with van der Waals surface area (Å²) in [5, 5.41) is 0. The molecule has 0 aliphatic rings. The molecule has 16 heavy (non-hydrogen) atoms. The van der Waals surface area contributed by atoms with Crippen LogP contribution in [0.2, 0.25) is 0 Å². The van der Waals surface area contributed by atoms with Crippen LogP contribution >= 0.6 is 12.1 Å². The predicted molar refractivity (Wildman–Crippen MR) is 68.8 cm³/mol. The van der Waals surface area contributed by atoms with Gasteiger partial charge in [-0.25, -0.2) is 4.31 Å². The summed E-state index contributed by atoms with van der Waals surface area (Å²) in [6.07, 6.45) is 1.05. The number of hydrogen-bond acceptors (Lipinski definition) is 3. The highest BCUT2D eigenvalue weighted by molar-refractivity contribution is 7.95. The molecule has 0 spiro atoms. The van der Waals surface area contributed by atoms with Gasteiger partial charge in [-0.15, -0.1) is 0 Å². The molecule has 0 saturated carbocycles. The van der Waals surface area contributed by atoms with Crippen LogP contribution in [0.1, 0.15) is 24.8 Å². The number of benzene rings is 1. The Hall–Kier alpha value is -1.16. The highest BCUT2D eigenvalue weighted by Crippen LogP contribution is 2.20. The van der Waals surface area contributed by atoms with Crippen LogP contribution in [-0.2, 0) is 0 Å². The number of rotatable bonds is 6. The minimum Gasteiger partial charge on any atom is -0.247 e. The lowest BCUT2D eigenvalue weighted by atomic mass is 9.98. The molecule has 0 aliphatic heterocycles. The summed E-state index contributed by atoms with van der Waals surface area (Å²) < 4.78 is 5.39. The summed E-state index contributed by atoms with van der Waals surface area (Å²) in [6.45, 7) is 3.11. The molecule has 0 amide bonds. The molecule has 5 heteroatoms. The molecule has 1 aromatic carbocycles. The first-order valence-electron chi connectivity index (χ1n) is 5.21. The van der Waals surface area contributed by atoms with Crippen LogP contribution < -0.4 is 0 Å². The van der Waals surface area contributed by atoms with Gasteiger partial charge in [0.05, 0.1) is 0 Å². The third-order valence-electron chi connectivity index (χ3n) is 2.46. The van der Waals surface area contributed by atoms with E-state index in [9.17, 15) is 0 Å². The Balaban J connectivity index is 2.35. The highest BCUT2D eigenvalue weighted by Gasteiger charge is 2.06. The van der Waals surface area contributed by atoms with Crippen LogP contribution in [0.3, 0.4) is 0 Å². The number of nitrogens with zero attached hydrogens (tertiary/aromatic N) is 4. The SMILES string of the molecule is C[C@H](CCN(C)SN=[N+]=[N-])c1ccccc1. The molecule has 1 rings (SSSR count). The molecule has 0 N–H and O–H groups in total. The highest BCUT2D eigenvalue weighted by atomic mass is 32.2. The van der Waals surface area contributed by atoms with E-state index in [-0.39, 0.29) is 0 Å². The van der Waals surface area contributed by atoms with Crippen molar-refractivity contribution in [2.24, 2.45) is 4.52 Å². The smallest absolute Gasteiger partial charge is 0.0184 e. The molecule has 0 aliphatic carbocycles. The number of azide groups is 1. The van der Waals surface area contributed by atoms with E-state index in [1.807, 2.05) is 17.4 Å². The van der Waals surface area contributed by atoms with E-state index < -0.39 is 0 Å². The predicted octanol–water partition coefficient (Wildman–Crippen LogP) is 3.99. The van der Waals surface area contributed by atoms with Crippen LogP contribution in [0.25, 0.3) is 10.4 Å². The van der Waals surface area contributed by atoms with Gasteiger partial charge in [0.15, 0.2) is 0 Å². The normalized spacial score (nSPS) is 12.2. The standard InChI is InChI=1S/C11H16N4S/c1-10(11-6-4-3-5-7-11)8-9-15(2)16-14-13-12/h3-7,10H,8-9H2,1-2H3/t10-/m1/s1. The summed E-state index contributed by atoms with van der Waals surface area (Å²) in [5.74, 6) is 0.523. The minimum absolute atomic E-state index is 0.523. The Morgan fingerprint density at radius 3 is 2.75 bits per heavy atom. The van der Waals surface area contributed by atoms with Crippen molar-refractivity contribution < 1.29 is 0 Å². The topological polar surface area (TPSA) is 52.0 Å². The first-order chi connectivity index (χ1) is 7.74. The van der Waals surface area contributed by atoms with Gasteiger partial charge >= 0.3 is 0 Å². The maximum atomic E-state index is 8.18. The third kappa shape index (κ3) is 4.57. The monoisotopic (exact) mass is 236 g/mol. The van der Waals surface area contributed by atoms with Gasteiger partial charge in [0, 0.05) is 23.6 Å². The van der Waals surface area contributed by atoms with Crippen LogP contribution in [0.5, 0.6) is 0 Å². The second kappa shape index (κ2) is 7.17. The second-order valence-corrected chi connectivity index (χ2v) is 4.65. The van der Waals surface area contributed by atoms with E-state index in [2.05, 4.69) is 40.6 Å². The molecule has 0 bridgehead atoms. The Morgan fingerprint density at radius 1 is 1.44 bits per heavy atom. The molecular formula is C11H16N4S. The molecule has 0 radical (unpaired) electrons. The minimum atomic E-state index is 0.523. The van der Waals surface area contributed by atoms with Crippen molar-refractivity contribution in [2.75, 3.05) is 13.6 Å². The average Bonchev–Trinajstić information content (AvgIpc) is 2.34. The Morgan fingerprint density at radius 2 is 2.12 bits per heavy atom. The lowest BCUT2D eigenvalue weighted by Crippen LogP contribution is -2.12.